The average molecular weight is 450 g/mol. The molecule has 32 heavy (non-hydrogen) atoms. The highest BCUT2D eigenvalue weighted by molar-refractivity contribution is 6.04. The summed E-state index contributed by atoms with van der Waals surface area (Å²) in [6.45, 7) is 1.22. The molecule has 168 valence electrons. The van der Waals surface area contributed by atoms with Crippen LogP contribution in [0.2, 0.25) is 0 Å². The van der Waals surface area contributed by atoms with E-state index in [4.69, 9.17) is 5.73 Å². The van der Waals surface area contributed by atoms with Crippen molar-refractivity contribution >= 4 is 23.5 Å². The monoisotopic (exact) mass is 450 g/mol. The Balaban J connectivity index is 1.82. The Morgan fingerprint density at radius 3 is 2.41 bits per heavy atom. The van der Waals surface area contributed by atoms with Crippen LogP contribution in [0.25, 0.3) is 5.69 Å². The summed E-state index contributed by atoms with van der Waals surface area (Å²) < 4.78 is 47.2. The lowest BCUT2D eigenvalue weighted by Crippen LogP contribution is -2.19. The molecule has 10 nitrogen and oxygen atoms in total. The number of esters is 1. The minimum Gasteiger partial charge on any atom is -0.462 e. The Morgan fingerprint density at radius 1 is 1.12 bits per heavy atom. The molecule has 3 rings (SSSR count). The first-order chi connectivity index (χ1) is 15.1. The second-order valence-electron chi connectivity index (χ2n) is 6.43. The normalized spacial score (nSPS) is 11.2. The van der Waals surface area contributed by atoms with Gasteiger partial charge < -0.3 is 15.8 Å². The van der Waals surface area contributed by atoms with Gasteiger partial charge in [0.15, 0.2) is 5.69 Å². The van der Waals surface area contributed by atoms with E-state index >= 15 is 0 Å². The van der Waals surface area contributed by atoms with Crippen LogP contribution >= 0.6 is 0 Å². The number of benzene rings is 1. The number of nitrogens with two attached hydrogens (primary N) is 1. The van der Waals surface area contributed by atoms with Crippen LogP contribution in [-0.4, -0.2) is 44.0 Å². The maximum Gasteiger partial charge on any atom is 0.434 e. The molecule has 13 heteroatoms. The Labute approximate surface area is 178 Å². The first-order valence-electron chi connectivity index (χ1n) is 9.15. The van der Waals surface area contributed by atoms with Gasteiger partial charge in [-0.25, -0.2) is 9.48 Å². The first-order valence-corrected chi connectivity index (χ1v) is 9.15. The fourth-order valence-electron chi connectivity index (χ4n) is 2.81. The van der Waals surface area contributed by atoms with Crippen molar-refractivity contribution in [2.24, 2.45) is 5.73 Å². The number of hydrogen-bond acceptors (Lipinski definition) is 6. The highest BCUT2D eigenvalue weighted by Gasteiger charge is 2.41. The van der Waals surface area contributed by atoms with E-state index in [0.29, 0.717) is 10.4 Å². The van der Waals surface area contributed by atoms with Gasteiger partial charge in [-0.05, 0) is 31.2 Å². The number of halogens is 3. The number of nitrogens with zero attached hydrogens (tertiary/aromatic N) is 4. The number of alkyl halides is 3. The lowest BCUT2D eigenvalue weighted by Gasteiger charge is -2.12. The van der Waals surface area contributed by atoms with Gasteiger partial charge >= 0.3 is 12.1 Å². The molecule has 0 fully saturated rings. The zero-order valence-electron chi connectivity index (χ0n) is 16.6. The predicted molar refractivity (Wildman–Crippen MR) is 104 cm³/mol. The van der Waals surface area contributed by atoms with Gasteiger partial charge in [-0.1, -0.05) is 0 Å². The summed E-state index contributed by atoms with van der Waals surface area (Å²) in [4.78, 5) is 35.2. The van der Waals surface area contributed by atoms with Gasteiger partial charge in [0.25, 0.3) is 5.91 Å². The van der Waals surface area contributed by atoms with E-state index in [9.17, 15) is 27.6 Å². The molecular formula is C19H17F3N6O4. The molecule has 0 aliphatic carbocycles. The SMILES string of the molecule is CCOC(=O)c1cnn(-c2ccc(C(=O)Nc3cnn(CC(N)=O)c3)cc2)c1C(F)(F)F. The van der Waals surface area contributed by atoms with Crippen molar-refractivity contribution in [2.75, 3.05) is 11.9 Å². The highest BCUT2D eigenvalue weighted by atomic mass is 19.4. The van der Waals surface area contributed by atoms with Crippen LogP contribution in [0.4, 0.5) is 18.9 Å². The van der Waals surface area contributed by atoms with E-state index < -0.39 is 35.2 Å². The molecule has 2 amide bonds. The summed E-state index contributed by atoms with van der Waals surface area (Å²) in [5.41, 5.74) is 3.50. The molecular weight excluding hydrogens is 433 g/mol. The minimum absolute atomic E-state index is 0.0151. The fourth-order valence-corrected chi connectivity index (χ4v) is 2.81. The zero-order valence-corrected chi connectivity index (χ0v) is 16.6. The van der Waals surface area contributed by atoms with Crippen molar-refractivity contribution in [3.8, 4) is 5.69 Å². The van der Waals surface area contributed by atoms with Gasteiger partial charge in [0, 0.05) is 11.8 Å². The first kappa shape index (κ1) is 22.5. The van der Waals surface area contributed by atoms with Crippen molar-refractivity contribution in [3.63, 3.8) is 0 Å². The van der Waals surface area contributed by atoms with E-state index in [2.05, 4.69) is 20.3 Å². The van der Waals surface area contributed by atoms with Crippen molar-refractivity contribution in [2.45, 2.75) is 19.6 Å². The quantitative estimate of drug-likeness (QED) is 0.529. The van der Waals surface area contributed by atoms with E-state index in [1.165, 1.54) is 48.3 Å². The standard InChI is InChI=1S/C19H17F3N6O4/c1-2-32-18(31)14-8-25-28(16(14)19(20,21)22)13-5-3-11(4-6-13)17(30)26-12-7-24-27(9-12)10-15(23)29/h3-9H,2,10H2,1H3,(H2,23,29)(H,26,30). The van der Waals surface area contributed by atoms with Gasteiger partial charge in [-0.15, -0.1) is 0 Å². The van der Waals surface area contributed by atoms with Gasteiger partial charge in [0.2, 0.25) is 5.91 Å². The largest absolute Gasteiger partial charge is 0.462 e. The molecule has 3 aromatic rings. The van der Waals surface area contributed by atoms with Crippen LogP contribution < -0.4 is 11.1 Å². The molecule has 2 heterocycles. The van der Waals surface area contributed by atoms with Crippen LogP contribution in [-0.2, 0) is 22.3 Å². The topological polar surface area (TPSA) is 134 Å². The summed E-state index contributed by atoms with van der Waals surface area (Å²) >= 11 is 0. The summed E-state index contributed by atoms with van der Waals surface area (Å²) in [5, 5.41) is 10.1. The van der Waals surface area contributed by atoms with E-state index in [1.54, 1.807) is 0 Å². The number of carbonyl (C=O) groups excluding carboxylic acids is 3. The van der Waals surface area contributed by atoms with Crippen LogP contribution in [0.1, 0.15) is 33.3 Å². The average Bonchev–Trinajstić information content (AvgIpc) is 3.34. The van der Waals surface area contributed by atoms with Gasteiger partial charge in [-0.2, -0.15) is 23.4 Å². The van der Waals surface area contributed by atoms with Crippen molar-refractivity contribution in [3.05, 3.63) is 59.7 Å². The minimum atomic E-state index is -4.88. The number of amides is 2. The number of aromatic nitrogens is 4. The third-order valence-electron chi connectivity index (χ3n) is 4.12. The second kappa shape index (κ2) is 8.91. The smallest absolute Gasteiger partial charge is 0.434 e. The maximum atomic E-state index is 13.6. The van der Waals surface area contributed by atoms with Crippen molar-refractivity contribution < 1.29 is 32.3 Å². The van der Waals surface area contributed by atoms with E-state index in [-0.39, 0.29) is 24.4 Å². The number of rotatable bonds is 7. The third-order valence-corrected chi connectivity index (χ3v) is 4.12. The zero-order chi connectivity index (χ0) is 23.5. The Bertz CT molecular complexity index is 1150. The van der Waals surface area contributed by atoms with Crippen LogP contribution in [0.3, 0.4) is 0 Å². The number of nitrogens with one attached hydrogen (secondary N) is 1. The molecule has 0 aliphatic rings. The molecule has 3 N–H and O–H groups in total. The van der Waals surface area contributed by atoms with E-state index in [1.807, 2.05) is 0 Å². The van der Waals surface area contributed by atoms with Crippen molar-refractivity contribution in [1.82, 2.24) is 19.6 Å². The van der Waals surface area contributed by atoms with Gasteiger partial charge in [-0.3, -0.25) is 14.3 Å². The Morgan fingerprint density at radius 2 is 1.81 bits per heavy atom. The molecule has 0 radical (unpaired) electrons. The molecule has 1 aromatic carbocycles. The fraction of sp³-hybridized carbons (Fsp3) is 0.211. The summed E-state index contributed by atoms with van der Waals surface area (Å²) in [6, 6.07) is 5.10. The number of hydrogen-bond donors (Lipinski definition) is 2. The predicted octanol–water partition coefficient (Wildman–Crippen LogP) is 2.00. The lowest BCUT2D eigenvalue weighted by molar-refractivity contribution is -0.143. The Kier molecular flexibility index (Phi) is 6.27. The molecule has 0 aliphatic heterocycles. The summed E-state index contributed by atoms with van der Waals surface area (Å²) in [5.74, 6) is -2.30. The summed E-state index contributed by atoms with van der Waals surface area (Å²) in [7, 11) is 0. The van der Waals surface area contributed by atoms with Gasteiger partial charge in [0.05, 0.1) is 30.4 Å². The molecule has 0 bridgehead atoms. The third kappa shape index (κ3) is 4.94. The number of anilines is 1. The molecule has 0 atom stereocenters. The summed E-state index contributed by atoms with van der Waals surface area (Å²) in [6.07, 6.45) is -1.39. The molecule has 0 unspecified atom stereocenters. The molecule has 0 spiro atoms. The number of primary amides is 1. The lowest BCUT2D eigenvalue weighted by atomic mass is 10.2. The van der Waals surface area contributed by atoms with Crippen LogP contribution in [0.5, 0.6) is 0 Å². The number of carbonyl (C=O) groups is 3. The van der Waals surface area contributed by atoms with Crippen molar-refractivity contribution in [1.29, 1.82) is 0 Å². The maximum absolute atomic E-state index is 13.6. The van der Waals surface area contributed by atoms with Crippen LogP contribution in [0, 0.1) is 0 Å². The van der Waals surface area contributed by atoms with E-state index in [0.717, 1.165) is 6.20 Å². The number of ether oxygens (including phenoxy) is 1. The second-order valence-corrected chi connectivity index (χ2v) is 6.43. The van der Waals surface area contributed by atoms with Gasteiger partial charge in [0.1, 0.15) is 12.1 Å². The molecule has 2 aromatic heterocycles. The molecule has 0 saturated carbocycles. The Hall–Kier alpha value is -4.16. The van der Waals surface area contributed by atoms with Crippen LogP contribution in [0.15, 0.2) is 42.9 Å². The highest BCUT2D eigenvalue weighted by Crippen LogP contribution is 2.34. The molecule has 0 saturated heterocycles.